The number of aliphatic hydroxyl groups excluding tert-OH is 1. The molecule has 0 bridgehead atoms. The zero-order valence-corrected chi connectivity index (χ0v) is 13.0. The SMILES string of the molecule is C[C@@H](O)c1ccnc(Oc2cc(Cl)c(Br)cc2Cl)c1. The molecule has 0 unspecified atom stereocenters. The van der Waals surface area contributed by atoms with Gasteiger partial charge in [0.15, 0.2) is 0 Å². The Kier molecular flexibility index (Phi) is 4.68. The maximum atomic E-state index is 9.51. The van der Waals surface area contributed by atoms with Crippen molar-refractivity contribution >= 4 is 39.1 Å². The van der Waals surface area contributed by atoms with Gasteiger partial charge in [0.1, 0.15) is 5.75 Å². The molecule has 1 heterocycles. The molecule has 0 aliphatic carbocycles. The van der Waals surface area contributed by atoms with Gasteiger partial charge in [0, 0.05) is 22.8 Å². The van der Waals surface area contributed by atoms with Crippen LogP contribution in [-0.4, -0.2) is 10.1 Å². The highest BCUT2D eigenvalue weighted by atomic mass is 79.9. The van der Waals surface area contributed by atoms with Crippen molar-refractivity contribution in [3.8, 4) is 11.6 Å². The van der Waals surface area contributed by atoms with Crippen LogP contribution >= 0.6 is 39.1 Å². The van der Waals surface area contributed by atoms with Crippen LogP contribution in [0.2, 0.25) is 10.0 Å². The summed E-state index contributed by atoms with van der Waals surface area (Å²) in [6.07, 6.45) is 0.973. The number of halogens is 3. The van der Waals surface area contributed by atoms with Crippen molar-refractivity contribution in [1.29, 1.82) is 0 Å². The molecule has 6 heteroatoms. The quantitative estimate of drug-likeness (QED) is 0.781. The molecule has 1 aromatic heterocycles. The first kappa shape index (κ1) is 14.6. The van der Waals surface area contributed by atoms with E-state index in [2.05, 4.69) is 20.9 Å². The van der Waals surface area contributed by atoms with E-state index in [-0.39, 0.29) is 0 Å². The van der Waals surface area contributed by atoms with Gasteiger partial charge in [-0.2, -0.15) is 0 Å². The van der Waals surface area contributed by atoms with Gasteiger partial charge in [-0.15, -0.1) is 0 Å². The van der Waals surface area contributed by atoms with Crippen LogP contribution in [0.3, 0.4) is 0 Å². The van der Waals surface area contributed by atoms with E-state index in [4.69, 9.17) is 27.9 Å². The van der Waals surface area contributed by atoms with Crippen LogP contribution in [0.15, 0.2) is 34.9 Å². The fraction of sp³-hybridized carbons (Fsp3) is 0.154. The predicted molar refractivity (Wildman–Crippen MR) is 79.1 cm³/mol. The average molecular weight is 363 g/mol. The van der Waals surface area contributed by atoms with Crippen LogP contribution in [-0.2, 0) is 0 Å². The third-order valence-corrected chi connectivity index (χ3v) is 3.92. The standard InChI is InChI=1S/C13H10BrCl2NO2/c1-7(18)8-2-3-17-13(4-8)19-12-6-10(15)9(14)5-11(12)16/h2-7,18H,1H3/t7-/m1/s1. The van der Waals surface area contributed by atoms with E-state index >= 15 is 0 Å². The van der Waals surface area contributed by atoms with Gasteiger partial charge in [0.25, 0.3) is 0 Å². The second-order valence-electron chi connectivity index (χ2n) is 3.90. The number of benzene rings is 1. The third-order valence-electron chi connectivity index (χ3n) is 2.43. The van der Waals surface area contributed by atoms with E-state index < -0.39 is 6.10 Å². The van der Waals surface area contributed by atoms with E-state index in [9.17, 15) is 5.11 Å². The van der Waals surface area contributed by atoms with Gasteiger partial charge in [0.2, 0.25) is 5.88 Å². The number of aromatic nitrogens is 1. The zero-order valence-electron chi connectivity index (χ0n) is 9.90. The summed E-state index contributed by atoms with van der Waals surface area (Å²) in [7, 11) is 0. The Morgan fingerprint density at radius 3 is 2.68 bits per heavy atom. The van der Waals surface area contributed by atoms with E-state index in [1.165, 1.54) is 0 Å². The van der Waals surface area contributed by atoms with Gasteiger partial charge in [-0.1, -0.05) is 23.2 Å². The third kappa shape index (κ3) is 3.60. The smallest absolute Gasteiger partial charge is 0.219 e. The van der Waals surface area contributed by atoms with Crippen molar-refractivity contribution in [3.63, 3.8) is 0 Å². The Morgan fingerprint density at radius 1 is 1.26 bits per heavy atom. The van der Waals surface area contributed by atoms with Crippen molar-refractivity contribution in [3.05, 3.63) is 50.5 Å². The van der Waals surface area contributed by atoms with Crippen molar-refractivity contribution < 1.29 is 9.84 Å². The Morgan fingerprint density at radius 2 is 2.00 bits per heavy atom. The predicted octanol–water partition coefficient (Wildman–Crippen LogP) is 5.00. The molecule has 0 aliphatic rings. The first-order valence-electron chi connectivity index (χ1n) is 5.44. The van der Waals surface area contributed by atoms with Crippen LogP contribution in [0.25, 0.3) is 0 Å². The Bertz CT molecular complexity index is 605. The number of rotatable bonds is 3. The van der Waals surface area contributed by atoms with Gasteiger partial charge in [-0.05, 0) is 40.5 Å². The molecule has 0 spiro atoms. The number of hydrogen-bond acceptors (Lipinski definition) is 3. The molecular formula is C13H10BrCl2NO2. The molecule has 0 radical (unpaired) electrons. The van der Waals surface area contributed by atoms with E-state index in [1.54, 1.807) is 37.4 Å². The lowest BCUT2D eigenvalue weighted by atomic mass is 10.2. The maximum Gasteiger partial charge on any atom is 0.219 e. The van der Waals surface area contributed by atoms with Crippen LogP contribution < -0.4 is 4.74 Å². The fourth-order valence-corrected chi connectivity index (χ4v) is 2.27. The molecule has 1 aromatic carbocycles. The summed E-state index contributed by atoms with van der Waals surface area (Å²) in [6.45, 7) is 1.67. The molecule has 0 fully saturated rings. The lowest BCUT2D eigenvalue weighted by Crippen LogP contribution is -1.94. The van der Waals surface area contributed by atoms with Crippen LogP contribution in [0.5, 0.6) is 11.6 Å². The van der Waals surface area contributed by atoms with E-state index in [0.29, 0.717) is 31.7 Å². The number of hydrogen-bond donors (Lipinski definition) is 1. The highest BCUT2D eigenvalue weighted by Gasteiger charge is 2.10. The molecule has 0 saturated carbocycles. The maximum absolute atomic E-state index is 9.51. The average Bonchev–Trinajstić information content (AvgIpc) is 2.36. The lowest BCUT2D eigenvalue weighted by Gasteiger charge is -2.10. The Hall–Kier alpha value is -0.810. The highest BCUT2D eigenvalue weighted by molar-refractivity contribution is 9.10. The van der Waals surface area contributed by atoms with Gasteiger partial charge < -0.3 is 9.84 Å². The highest BCUT2D eigenvalue weighted by Crippen LogP contribution is 2.36. The fourth-order valence-electron chi connectivity index (χ4n) is 1.44. The summed E-state index contributed by atoms with van der Waals surface area (Å²) in [5.41, 5.74) is 0.712. The summed E-state index contributed by atoms with van der Waals surface area (Å²) < 4.78 is 6.27. The van der Waals surface area contributed by atoms with Gasteiger partial charge >= 0.3 is 0 Å². The molecule has 19 heavy (non-hydrogen) atoms. The lowest BCUT2D eigenvalue weighted by molar-refractivity contribution is 0.198. The molecule has 2 rings (SSSR count). The van der Waals surface area contributed by atoms with Crippen molar-refractivity contribution in [1.82, 2.24) is 4.98 Å². The normalized spacial score (nSPS) is 12.3. The molecule has 0 amide bonds. The minimum absolute atomic E-state index is 0.346. The van der Waals surface area contributed by atoms with Crippen LogP contribution in [0.4, 0.5) is 0 Å². The number of nitrogens with zero attached hydrogens (tertiary/aromatic N) is 1. The van der Waals surface area contributed by atoms with Crippen LogP contribution in [0.1, 0.15) is 18.6 Å². The molecule has 0 saturated heterocycles. The minimum Gasteiger partial charge on any atom is -0.437 e. The van der Waals surface area contributed by atoms with E-state index in [0.717, 1.165) is 0 Å². The monoisotopic (exact) mass is 361 g/mol. The molecular weight excluding hydrogens is 353 g/mol. The number of aliphatic hydroxyl groups is 1. The summed E-state index contributed by atoms with van der Waals surface area (Å²) in [5, 5.41) is 10.4. The molecule has 1 N–H and O–H groups in total. The summed E-state index contributed by atoms with van der Waals surface area (Å²) in [4.78, 5) is 4.06. The van der Waals surface area contributed by atoms with Gasteiger partial charge in [-0.25, -0.2) is 4.98 Å². The van der Waals surface area contributed by atoms with Crippen molar-refractivity contribution in [2.24, 2.45) is 0 Å². The summed E-state index contributed by atoms with van der Waals surface area (Å²) in [6, 6.07) is 6.62. The second-order valence-corrected chi connectivity index (χ2v) is 5.57. The molecule has 100 valence electrons. The molecule has 0 aliphatic heterocycles. The second kappa shape index (κ2) is 6.09. The van der Waals surface area contributed by atoms with E-state index in [1.807, 2.05) is 0 Å². The van der Waals surface area contributed by atoms with Gasteiger partial charge in [-0.3, -0.25) is 0 Å². The summed E-state index contributed by atoms with van der Waals surface area (Å²) >= 11 is 15.3. The number of ether oxygens (including phenoxy) is 1. The van der Waals surface area contributed by atoms with Gasteiger partial charge in [0.05, 0.1) is 16.1 Å². The van der Waals surface area contributed by atoms with Crippen molar-refractivity contribution in [2.75, 3.05) is 0 Å². The molecule has 1 atom stereocenters. The van der Waals surface area contributed by atoms with Crippen molar-refractivity contribution in [2.45, 2.75) is 13.0 Å². The largest absolute Gasteiger partial charge is 0.437 e. The first-order chi connectivity index (χ1) is 8.97. The first-order valence-corrected chi connectivity index (χ1v) is 6.98. The Balaban J connectivity index is 2.31. The molecule has 2 aromatic rings. The minimum atomic E-state index is -0.589. The van der Waals surface area contributed by atoms with Crippen LogP contribution in [0, 0.1) is 0 Å². The zero-order chi connectivity index (χ0) is 14.0. The topological polar surface area (TPSA) is 42.4 Å². The summed E-state index contributed by atoms with van der Waals surface area (Å²) in [5.74, 6) is 0.754. The molecule has 3 nitrogen and oxygen atoms in total. The Labute approximate surface area is 129 Å². The number of pyridine rings is 1.